The van der Waals surface area contributed by atoms with Gasteiger partial charge in [-0.1, -0.05) is 6.92 Å². The van der Waals surface area contributed by atoms with Gasteiger partial charge in [-0.2, -0.15) is 4.31 Å². The Balaban J connectivity index is 2.35. The summed E-state index contributed by atoms with van der Waals surface area (Å²) in [4.78, 5) is 0.338. The van der Waals surface area contributed by atoms with Gasteiger partial charge in [0.05, 0.1) is 12.0 Å². The number of nitrogens with zero attached hydrogens (tertiary/aromatic N) is 1. The Morgan fingerprint density at radius 3 is 2.70 bits per heavy atom. The van der Waals surface area contributed by atoms with E-state index in [1.165, 1.54) is 0 Å². The molecule has 0 amide bonds. The van der Waals surface area contributed by atoms with Crippen LogP contribution in [0.1, 0.15) is 18.9 Å². The lowest BCUT2D eigenvalue weighted by Gasteiger charge is -2.26. The van der Waals surface area contributed by atoms with Gasteiger partial charge >= 0.3 is 0 Å². The summed E-state index contributed by atoms with van der Waals surface area (Å²) >= 11 is 0. The lowest BCUT2D eigenvalue weighted by molar-refractivity contribution is 0.348. The van der Waals surface area contributed by atoms with Crippen molar-refractivity contribution < 1.29 is 13.2 Å². The van der Waals surface area contributed by atoms with Crippen molar-refractivity contribution in [3.05, 3.63) is 23.8 Å². The van der Waals surface area contributed by atoms with Gasteiger partial charge in [0.1, 0.15) is 5.75 Å². The van der Waals surface area contributed by atoms with Gasteiger partial charge < -0.3 is 10.1 Å². The smallest absolute Gasteiger partial charge is 0.243 e. The van der Waals surface area contributed by atoms with E-state index in [2.05, 4.69) is 5.32 Å². The molecule has 1 heterocycles. The quantitative estimate of drug-likeness (QED) is 0.892. The van der Waals surface area contributed by atoms with Crippen LogP contribution in [0.3, 0.4) is 0 Å². The fourth-order valence-corrected chi connectivity index (χ4v) is 4.41. The van der Waals surface area contributed by atoms with Crippen LogP contribution in [0.25, 0.3) is 0 Å². The zero-order chi connectivity index (χ0) is 14.8. The van der Waals surface area contributed by atoms with E-state index >= 15 is 0 Å². The number of methoxy groups -OCH3 is 1. The van der Waals surface area contributed by atoms with Crippen molar-refractivity contribution in [1.82, 2.24) is 9.62 Å². The second kappa shape index (κ2) is 6.11. The lowest BCUT2D eigenvalue weighted by Crippen LogP contribution is -2.41. The van der Waals surface area contributed by atoms with E-state index in [0.717, 1.165) is 25.1 Å². The third-order valence-corrected chi connectivity index (χ3v) is 5.75. The van der Waals surface area contributed by atoms with E-state index in [-0.39, 0.29) is 6.04 Å². The average molecular weight is 298 g/mol. The number of rotatable bonds is 5. The van der Waals surface area contributed by atoms with E-state index in [4.69, 9.17) is 4.74 Å². The number of aryl methyl sites for hydroxylation is 1. The summed E-state index contributed by atoms with van der Waals surface area (Å²) in [5, 5.41) is 3.21. The van der Waals surface area contributed by atoms with Crippen LogP contribution < -0.4 is 10.1 Å². The van der Waals surface area contributed by atoms with Gasteiger partial charge in [0.15, 0.2) is 0 Å². The first-order valence-electron chi connectivity index (χ1n) is 6.88. The number of benzene rings is 1. The minimum Gasteiger partial charge on any atom is -0.496 e. The van der Waals surface area contributed by atoms with Crippen molar-refractivity contribution in [3.63, 3.8) is 0 Å². The molecule has 1 aliphatic heterocycles. The number of ether oxygens (including phenoxy) is 1. The van der Waals surface area contributed by atoms with Crippen LogP contribution in [0.15, 0.2) is 23.1 Å². The summed E-state index contributed by atoms with van der Waals surface area (Å²) in [6.07, 6.45) is 0.863. The Bertz CT molecular complexity index is 566. The van der Waals surface area contributed by atoms with Gasteiger partial charge in [0.25, 0.3) is 0 Å². The van der Waals surface area contributed by atoms with E-state index in [1.54, 1.807) is 29.6 Å². The molecule has 0 spiro atoms. The Morgan fingerprint density at radius 2 is 2.20 bits per heavy atom. The zero-order valence-corrected chi connectivity index (χ0v) is 13.0. The predicted octanol–water partition coefficient (Wildman–Crippen LogP) is 1.38. The van der Waals surface area contributed by atoms with Crippen molar-refractivity contribution in [2.75, 3.05) is 26.7 Å². The molecule has 1 N–H and O–H groups in total. The third-order valence-electron chi connectivity index (χ3n) is 3.73. The molecule has 0 aliphatic carbocycles. The molecule has 20 heavy (non-hydrogen) atoms. The first-order chi connectivity index (χ1) is 9.50. The molecule has 1 aromatic carbocycles. The first-order valence-corrected chi connectivity index (χ1v) is 8.32. The minimum atomic E-state index is -3.44. The highest BCUT2D eigenvalue weighted by Gasteiger charge is 2.32. The van der Waals surface area contributed by atoms with Gasteiger partial charge in [0, 0.05) is 19.1 Å². The summed E-state index contributed by atoms with van der Waals surface area (Å²) in [5.74, 6) is 0.703. The fraction of sp³-hybridized carbons (Fsp3) is 0.571. The molecule has 1 fully saturated rings. The van der Waals surface area contributed by atoms with Crippen LogP contribution in [0.4, 0.5) is 0 Å². The topological polar surface area (TPSA) is 58.6 Å². The Hall–Kier alpha value is -1.11. The molecule has 1 aromatic rings. The maximum Gasteiger partial charge on any atom is 0.243 e. The Morgan fingerprint density at radius 1 is 1.45 bits per heavy atom. The van der Waals surface area contributed by atoms with E-state index in [9.17, 15) is 8.42 Å². The molecular weight excluding hydrogens is 276 g/mol. The molecular formula is C14H22N2O3S. The second-order valence-corrected chi connectivity index (χ2v) is 6.88. The maximum absolute atomic E-state index is 12.8. The predicted molar refractivity (Wildman–Crippen MR) is 78.6 cm³/mol. The minimum absolute atomic E-state index is 0.0485. The standard InChI is InChI=1S/C14H22N2O3S/c1-4-16(12-7-8-15-10-12)20(17,18)13-5-6-14(19-3)11(2)9-13/h5-6,9,12,15H,4,7-8,10H2,1-3H3. The molecule has 5 nitrogen and oxygen atoms in total. The highest BCUT2D eigenvalue weighted by Crippen LogP contribution is 2.25. The fourth-order valence-electron chi connectivity index (χ4n) is 2.66. The highest BCUT2D eigenvalue weighted by molar-refractivity contribution is 7.89. The normalized spacial score (nSPS) is 19.5. The molecule has 0 aromatic heterocycles. The number of hydrogen-bond donors (Lipinski definition) is 1. The number of nitrogens with one attached hydrogen (secondary N) is 1. The summed E-state index contributed by atoms with van der Waals surface area (Å²) in [5.41, 5.74) is 0.828. The molecule has 1 aliphatic rings. The van der Waals surface area contributed by atoms with Gasteiger partial charge in [-0.05, 0) is 43.7 Å². The molecule has 0 bridgehead atoms. The van der Waals surface area contributed by atoms with E-state index in [0.29, 0.717) is 17.2 Å². The Labute approximate surface area is 121 Å². The van der Waals surface area contributed by atoms with E-state index in [1.807, 2.05) is 13.8 Å². The van der Waals surface area contributed by atoms with Gasteiger partial charge in [0.2, 0.25) is 10.0 Å². The van der Waals surface area contributed by atoms with Gasteiger partial charge in [-0.25, -0.2) is 8.42 Å². The average Bonchev–Trinajstić information content (AvgIpc) is 2.93. The van der Waals surface area contributed by atoms with E-state index < -0.39 is 10.0 Å². The van der Waals surface area contributed by atoms with Crippen molar-refractivity contribution in [2.24, 2.45) is 0 Å². The maximum atomic E-state index is 12.8. The van der Waals surface area contributed by atoms with Crippen LogP contribution in [-0.4, -0.2) is 45.5 Å². The molecule has 0 radical (unpaired) electrons. The SMILES string of the molecule is CCN(C1CCNC1)S(=O)(=O)c1ccc(OC)c(C)c1. The van der Waals surface area contributed by atoms with Crippen LogP contribution in [0, 0.1) is 6.92 Å². The van der Waals surface area contributed by atoms with Crippen molar-refractivity contribution in [2.45, 2.75) is 31.2 Å². The van der Waals surface area contributed by atoms with Crippen molar-refractivity contribution in [1.29, 1.82) is 0 Å². The largest absolute Gasteiger partial charge is 0.496 e. The molecule has 0 saturated carbocycles. The zero-order valence-electron chi connectivity index (χ0n) is 12.2. The summed E-state index contributed by atoms with van der Waals surface area (Å²) < 4.78 is 32.3. The third kappa shape index (κ3) is 2.82. The van der Waals surface area contributed by atoms with Crippen LogP contribution in [0.5, 0.6) is 5.75 Å². The molecule has 1 atom stereocenters. The lowest BCUT2D eigenvalue weighted by atomic mass is 10.2. The molecule has 1 saturated heterocycles. The number of sulfonamides is 1. The summed E-state index contributed by atoms with van der Waals surface area (Å²) in [7, 11) is -1.86. The number of likely N-dealkylation sites (N-methyl/N-ethyl adjacent to an activating group) is 1. The Kier molecular flexibility index (Phi) is 4.67. The molecule has 2 rings (SSSR count). The molecule has 112 valence electrons. The molecule has 1 unspecified atom stereocenters. The molecule has 6 heteroatoms. The second-order valence-electron chi connectivity index (χ2n) is 4.99. The van der Waals surface area contributed by atoms with Crippen molar-refractivity contribution in [3.8, 4) is 5.75 Å². The summed E-state index contributed by atoms with van der Waals surface area (Å²) in [6, 6.07) is 5.06. The van der Waals surface area contributed by atoms with Gasteiger partial charge in [-0.15, -0.1) is 0 Å². The van der Waals surface area contributed by atoms with Crippen LogP contribution >= 0.6 is 0 Å². The number of hydrogen-bond acceptors (Lipinski definition) is 4. The van der Waals surface area contributed by atoms with Crippen molar-refractivity contribution >= 4 is 10.0 Å². The van der Waals surface area contributed by atoms with Crippen LogP contribution in [0.2, 0.25) is 0 Å². The van der Waals surface area contributed by atoms with Gasteiger partial charge in [-0.3, -0.25) is 0 Å². The first kappa shape index (κ1) is 15.3. The highest BCUT2D eigenvalue weighted by atomic mass is 32.2. The van der Waals surface area contributed by atoms with Crippen LogP contribution in [-0.2, 0) is 10.0 Å². The monoisotopic (exact) mass is 298 g/mol. The summed E-state index contributed by atoms with van der Waals surface area (Å²) in [6.45, 7) is 5.82.